The summed E-state index contributed by atoms with van der Waals surface area (Å²) < 4.78 is 10.9. The zero-order valence-corrected chi connectivity index (χ0v) is 16.5. The Kier molecular flexibility index (Phi) is 6.68. The van der Waals surface area contributed by atoms with Gasteiger partial charge in [-0.25, -0.2) is 0 Å². The van der Waals surface area contributed by atoms with Crippen LogP contribution in [0.4, 0.5) is 0 Å². The van der Waals surface area contributed by atoms with Gasteiger partial charge in [-0.15, -0.1) is 0 Å². The van der Waals surface area contributed by atoms with Crippen LogP contribution in [0.1, 0.15) is 53.1 Å². The van der Waals surface area contributed by atoms with Crippen molar-refractivity contribution in [3.05, 3.63) is 46.8 Å². The molecule has 2 heterocycles. The van der Waals surface area contributed by atoms with Gasteiger partial charge >= 0.3 is 0 Å². The molecule has 0 saturated carbocycles. The third kappa shape index (κ3) is 5.12. The number of amides is 2. The van der Waals surface area contributed by atoms with Gasteiger partial charge in [0.15, 0.2) is 0 Å². The molecule has 7 nitrogen and oxygen atoms in total. The summed E-state index contributed by atoms with van der Waals surface area (Å²) in [4.78, 5) is 26.4. The molecule has 28 heavy (non-hydrogen) atoms. The number of nitrogens with one attached hydrogen (secondary N) is 1. The Hall–Kier alpha value is -2.83. The first-order chi connectivity index (χ1) is 13.5. The van der Waals surface area contributed by atoms with E-state index in [0.29, 0.717) is 30.9 Å². The molecule has 7 heteroatoms. The fraction of sp³-hybridized carbons (Fsp3) is 0.476. The molecule has 0 bridgehead atoms. The number of benzene rings is 1. The highest BCUT2D eigenvalue weighted by atomic mass is 16.5. The molecule has 0 atom stereocenters. The van der Waals surface area contributed by atoms with Crippen LogP contribution >= 0.6 is 0 Å². The molecule has 1 aliphatic heterocycles. The second-order valence-electron chi connectivity index (χ2n) is 7.07. The fourth-order valence-electron chi connectivity index (χ4n) is 3.28. The number of piperidine rings is 1. The Labute approximate surface area is 165 Å². The second-order valence-corrected chi connectivity index (χ2v) is 7.07. The lowest BCUT2D eigenvalue weighted by molar-refractivity contribution is -0.131. The maximum absolute atomic E-state index is 12.4. The molecule has 1 fully saturated rings. The maximum atomic E-state index is 12.4. The predicted molar refractivity (Wildman–Crippen MR) is 104 cm³/mol. The van der Waals surface area contributed by atoms with Gasteiger partial charge in [0.2, 0.25) is 5.91 Å². The Morgan fingerprint density at radius 1 is 1.21 bits per heavy atom. The number of ether oxygens (including phenoxy) is 1. The molecule has 1 aromatic carbocycles. The lowest BCUT2D eigenvalue weighted by Crippen LogP contribution is -2.37. The van der Waals surface area contributed by atoms with Crippen LogP contribution in [0.2, 0.25) is 0 Å². The van der Waals surface area contributed by atoms with Crippen molar-refractivity contribution < 1.29 is 18.8 Å². The van der Waals surface area contributed by atoms with Gasteiger partial charge in [0.1, 0.15) is 18.1 Å². The van der Waals surface area contributed by atoms with E-state index in [1.165, 1.54) is 6.42 Å². The number of likely N-dealkylation sites (tertiary alicyclic amines) is 1. The van der Waals surface area contributed by atoms with E-state index in [4.69, 9.17) is 9.26 Å². The molecule has 1 aliphatic rings. The maximum Gasteiger partial charge on any atom is 0.251 e. The molecule has 1 aromatic heterocycles. The summed E-state index contributed by atoms with van der Waals surface area (Å²) in [6.45, 7) is 6.03. The number of nitrogens with zero attached hydrogens (tertiary/aromatic N) is 2. The van der Waals surface area contributed by atoms with Gasteiger partial charge in [0.25, 0.3) is 5.91 Å². The number of carbonyl (C=O) groups is 2. The number of rotatable bonds is 7. The van der Waals surface area contributed by atoms with E-state index in [1.807, 2.05) is 18.7 Å². The van der Waals surface area contributed by atoms with E-state index < -0.39 is 0 Å². The van der Waals surface area contributed by atoms with E-state index in [2.05, 4.69) is 10.5 Å². The lowest BCUT2D eigenvalue weighted by atomic mass is 10.1. The number of hydrogen-bond acceptors (Lipinski definition) is 5. The highest BCUT2D eigenvalue weighted by Crippen LogP contribution is 2.18. The van der Waals surface area contributed by atoms with Gasteiger partial charge in [-0.05, 0) is 51.3 Å². The highest BCUT2D eigenvalue weighted by Gasteiger charge is 2.16. The van der Waals surface area contributed by atoms with Crippen LogP contribution in [0.25, 0.3) is 0 Å². The van der Waals surface area contributed by atoms with E-state index in [9.17, 15) is 9.59 Å². The van der Waals surface area contributed by atoms with Gasteiger partial charge in [-0.2, -0.15) is 0 Å². The van der Waals surface area contributed by atoms with E-state index in [-0.39, 0.29) is 11.8 Å². The zero-order valence-electron chi connectivity index (χ0n) is 16.5. The third-order valence-electron chi connectivity index (χ3n) is 4.99. The Bertz CT molecular complexity index is 805. The number of aromatic nitrogens is 1. The van der Waals surface area contributed by atoms with Crippen molar-refractivity contribution in [3.63, 3.8) is 0 Å². The number of aryl methyl sites for hydroxylation is 2. The van der Waals surface area contributed by atoms with Gasteiger partial charge in [-0.3, -0.25) is 9.59 Å². The van der Waals surface area contributed by atoms with Gasteiger partial charge < -0.3 is 19.5 Å². The molecule has 2 amide bonds. The van der Waals surface area contributed by atoms with Crippen molar-refractivity contribution in [1.29, 1.82) is 0 Å². The summed E-state index contributed by atoms with van der Waals surface area (Å²) in [5.74, 6) is 1.22. The monoisotopic (exact) mass is 385 g/mol. The van der Waals surface area contributed by atoms with E-state index in [0.717, 1.165) is 42.9 Å². The highest BCUT2D eigenvalue weighted by molar-refractivity contribution is 5.94. The van der Waals surface area contributed by atoms with Crippen LogP contribution in [0.5, 0.6) is 5.75 Å². The van der Waals surface area contributed by atoms with Crippen molar-refractivity contribution in [1.82, 2.24) is 15.4 Å². The molecule has 0 spiro atoms. The van der Waals surface area contributed by atoms with Crippen LogP contribution in [-0.2, 0) is 11.4 Å². The fourth-order valence-corrected chi connectivity index (χ4v) is 3.28. The van der Waals surface area contributed by atoms with Crippen LogP contribution < -0.4 is 10.1 Å². The average molecular weight is 385 g/mol. The smallest absolute Gasteiger partial charge is 0.251 e. The molecule has 0 aliphatic carbocycles. The van der Waals surface area contributed by atoms with Crippen molar-refractivity contribution in [2.45, 2.75) is 46.1 Å². The molecule has 1 saturated heterocycles. The SMILES string of the molecule is Cc1noc(C)c1COc1cccc(C(=O)NCCC(=O)N2CCCCC2)c1. The van der Waals surface area contributed by atoms with Gasteiger partial charge in [-0.1, -0.05) is 11.2 Å². The van der Waals surface area contributed by atoms with Crippen LogP contribution in [-0.4, -0.2) is 41.5 Å². The van der Waals surface area contributed by atoms with Crippen LogP contribution in [0.15, 0.2) is 28.8 Å². The molecule has 1 N–H and O–H groups in total. The largest absolute Gasteiger partial charge is 0.489 e. The standard InChI is InChI=1S/C21H27N3O4/c1-15-19(16(2)28-23-15)14-27-18-8-6-7-17(13-18)21(26)22-10-9-20(25)24-11-4-3-5-12-24/h6-8,13H,3-5,9-12,14H2,1-2H3,(H,22,26). The first kappa shape index (κ1) is 19.9. The topological polar surface area (TPSA) is 84.7 Å². The third-order valence-corrected chi connectivity index (χ3v) is 4.99. The van der Waals surface area contributed by atoms with Crippen molar-refractivity contribution in [3.8, 4) is 5.75 Å². The zero-order chi connectivity index (χ0) is 19.9. The summed E-state index contributed by atoms with van der Waals surface area (Å²) in [7, 11) is 0. The van der Waals surface area contributed by atoms with E-state index in [1.54, 1.807) is 24.3 Å². The van der Waals surface area contributed by atoms with Crippen molar-refractivity contribution in [2.24, 2.45) is 0 Å². The number of hydrogen-bond donors (Lipinski definition) is 1. The van der Waals surface area contributed by atoms with Crippen LogP contribution in [0.3, 0.4) is 0 Å². The van der Waals surface area contributed by atoms with Gasteiger partial charge in [0, 0.05) is 31.6 Å². The number of carbonyl (C=O) groups excluding carboxylic acids is 2. The average Bonchev–Trinajstić information content (AvgIpc) is 3.04. The Balaban J connectivity index is 1.48. The first-order valence-electron chi connectivity index (χ1n) is 9.75. The lowest BCUT2D eigenvalue weighted by Gasteiger charge is -2.26. The molecule has 2 aromatic rings. The van der Waals surface area contributed by atoms with Crippen molar-refractivity contribution >= 4 is 11.8 Å². The normalized spacial score (nSPS) is 14.0. The van der Waals surface area contributed by atoms with Gasteiger partial charge in [0.05, 0.1) is 11.3 Å². The second kappa shape index (κ2) is 9.39. The summed E-state index contributed by atoms with van der Waals surface area (Å²) in [6.07, 6.45) is 3.65. The van der Waals surface area contributed by atoms with Crippen LogP contribution in [0, 0.1) is 13.8 Å². The predicted octanol–water partition coefficient (Wildman–Crippen LogP) is 3.00. The summed E-state index contributed by atoms with van der Waals surface area (Å²) in [5, 5.41) is 6.72. The molecular weight excluding hydrogens is 358 g/mol. The van der Waals surface area contributed by atoms with Crippen molar-refractivity contribution in [2.75, 3.05) is 19.6 Å². The Morgan fingerprint density at radius 3 is 2.71 bits per heavy atom. The summed E-state index contributed by atoms with van der Waals surface area (Å²) in [6, 6.07) is 7.00. The first-order valence-corrected chi connectivity index (χ1v) is 9.75. The molecule has 150 valence electrons. The quantitative estimate of drug-likeness (QED) is 0.792. The molecule has 3 rings (SSSR count). The molecule has 0 unspecified atom stereocenters. The van der Waals surface area contributed by atoms with E-state index >= 15 is 0 Å². The minimum Gasteiger partial charge on any atom is -0.489 e. The summed E-state index contributed by atoms with van der Waals surface area (Å²) in [5.41, 5.74) is 2.21. The minimum atomic E-state index is -0.214. The Morgan fingerprint density at radius 2 is 2.00 bits per heavy atom. The minimum absolute atomic E-state index is 0.108. The molecule has 0 radical (unpaired) electrons. The molecular formula is C21H27N3O4. The summed E-state index contributed by atoms with van der Waals surface area (Å²) >= 11 is 0.